The zero-order valence-electron chi connectivity index (χ0n) is 11.7. The molecule has 1 aromatic heterocycles. The predicted octanol–water partition coefficient (Wildman–Crippen LogP) is 3.04. The maximum atomic E-state index is 13.0. The van der Waals surface area contributed by atoms with Crippen molar-refractivity contribution in [2.45, 2.75) is 38.4 Å². The van der Waals surface area contributed by atoms with Crippen molar-refractivity contribution in [3.05, 3.63) is 23.9 Å². The maximum Gasteiger partial charge on any atom is 0.408 e. The van der Waals surface area contributed by atoms with E-state index in [-0.39, 0.29) is 18.5 Å². The van der Waals surface area contributed by atoms with E-state index >= 15 is 0 Å². The highest BCUT2D eigenvalue weighted by molar-refractivity contribution is 5.94. The van der Waals surface area contributed by atoms with E-state index in [4.69, 9.17) is 4.74 Å². The molecule has 21 heavy (non-hydrogen) atoms. The molecule has 4 nitrogen and oxygen atoms in total. The normalized spacial score (nSPS) is 19.4. The van der Waals surface area contributed by atoms with Crippen molar-refractivity contribution in [3.63, 3.8) is 0 Å². The minimum absolute atomic E-state index is 0.0420. The largest absolute Gasteiger partial charge is 0.478 e. The van der Waals surface area contributed by atoms with Crippen LogP contribution in [0, 0.1) is 0 Å². The number of carbonyl (C=O) groups is 1. The molecule has 0 aromatic carbocycles. The maximum absolute atomic E-state index is 13.0. The lowest BCUT2D eigenvalue weighted by Gasteiger charge is -2.36. The minimum atomic E-state index is -4.39. The van der Waals surface area contributed by atoms with Gasteiger partial charge in [0.25, 0.3) is 5.91 Å². The molecule has 1 atom stereocenters. The fourth-order valence-corrected chi connectivity index (χ4v) is 2.42. The standard InChI is InChI=1S/C14H17F3N2O2/c1-2-21-12-7-6-10(9-18-12)13(20)19-8-4-3-5-11(19)14(15,16)17/h6-7,9,11H,2-5,8H2,1H3. The molecule has 0 spiro atoms. The van der Waals surface area contributed by atoms with Gasteiger partial charge in [-0.25, -0.2) is 4.98 Å². The Bertz CT molecular complexity index is 488. The Morgan fingerprint density at radius 1 is 1.43 bits per heavy atom. The van der Waals surface area contributed by atoms with E-state index in [0.29, 0.717) is 25.3 Å². The zero-order chi connectivity index (χ0) is 15.5. The second kappa shape index (κ2) is 6.32. The van der Waals surface area contributed by atoms with Crippen LogP contribution in [0.15, 0.2) is 18.3 Å². The highest BCUT2D eigenvalue weighted by Crippen LogP contribution is 2.32. The van der Waals surface area contributed by atoms with Crippen LogP contribution in [0.5, 0.6) is 5.88 Å². The van der Waals surface area contributed by atoms with E-state index in [1.54, 1.807) is 6.92 Å². The number of hydrogen-bond donors (Lipinski definition) is 0. The van der Waals surface area contributed by atoms with E-state index in [9.17, 15) is 18.0 Å². The average molecular weight is 302 g/mol. The lowest BCUT2D eigenvalue weighted by atomic mass is 10.0. The van der Waals surface area contributed by atoms with Gasteiger partial charge >= 0.3 is 6.18 Å². The number of alkyl halides is 3. The molecule has 1 unspecified atom stereocenters. The van der Waals surface area contributed by atoms with Gasteiger partial charge in [-0.3, -0.25) is 4.79 Å². The van der Waals surface area contributed by atoms with Crippen molar-refractivity contribution in [2.75, 3.05) is 13.2 Å². The second-order valence-corrected chi connectivity index (χ2v) is 4.87. The van der Waals surface area contributed by atoms with Crippen LogP contribution in [0.2, 0.25) is 0 Å². The monoisotopic (exact) mass is 302 g/mol. The molecule has 1 fully saturated rings. The van der Waals surface area contributed by atoms with Crippen molar-refractivity contribution in [1.29, 1.82) is 0 Å². The Hall–Kier alpha value is -1.79. The first-order valence-corrected chi connectivity index (χ1v) is 6.90. The number of likely N-dealkylation sites (tertiary alicyclic amines) is 1. The van der Waals surface area contributed by atoms with Crippen LogP contribution in [-0.2, 0) is 0 Å². The fraction of sp³-hybridized carbons (Fsp3) is 0.571. The molecule has 1 aliphatic heterocycles. The average Bonchev–Trinajstić information content (AvgIpc) is 2.47. The Balaban J connectivity index is 2.16. The van der Waals surface area contributed by atoms with Gasteiger partial charge in [0, 0.05) is 18.8 Å². The van der Waals surface area contributed by atoms with E-state index in [1.807, 2.05) is 0 Å². The number of pyridine rings is 1. The number of rotatable bonds is 3. The number of nitrogens with zero attached hydrogens (tertiary/aromatic N) is 2. The molecule has 0 bridgehead atoms. The molecule has 1 saturated heterocycles. The molecule has 2 rings (SSSR count). The fourth-order valence-electron chi connectivity index (χ4n) is 2.42. The second-order valence-electron chi connectivity index (χ2n) is 4.87. The molecule has 0 saturated carbocycles. The summed E-state index contributed by atoms with van der Waals surface area (Å²) in [6, 6.07) is 1.23. The summed E-state index contributed by atoms with van der Waals surface area (Å²) >= 11 is 0. The summed E-state index contributed by atoms with van der Waals surface area (Å²) in [6.45, 7) is 2.35. The molecular formula is C14H17F3N2O2. The van der Waals surface area contributed by atoms with Gasteiger partial charge in [0.1, 0.15) is 6.04 Å². The van der Waals surface area contributed by atoms with E-state index < -0.39 is 18.1 Å². The number of aromatic nitrogens is 1. The molecule has 0 N–H and O–H groups in total. The quantitative estimate of drug-likeness (QED) is 0.862. The third-order valence-electron chi connectivity index (χ3n) is 3.42. The molecule has 7 heteroatoms. The topological polar surface area (TPSA) is 42.4 Å². The number of halogens is 3. The molecule has 0 radical (unpaired) electrons. The first-order chi connectivity index (χ1) is 9.93. The minimum Gasteiger partial charge on any atom is -0.478 e. The van der Waals surface area contributed by atoms with Crippen molar-refractivity contribution in [3.8, 4) is 5.88 Å². The van der Waals surface area contributed by atoms with Gasteiger partial charge in [-0.2, -0.15) is 13.2 Å². The molecule has 116 valence electrons. The Morgan fingerprint density at radius 3 is 2.76 bits per heavy atom. The summed E-state index contributed by atoms with van der Waals surface area (Å²) in [5, 5.41) is 0. The van der Waals surface area contributed by atoms with Gasteiger partial charge in [0.15, 0.2) is 0 Å². The number of ether oxygens (including phenoxy) is 1. The van der Waals surface area contributed by atoms with Gasteiger partial charge in [-0.1, -0.05) is 0 Å². The highest BCUT2D eigenvalue weighted by Gasteiger charge is 2.46. The van der Waals surface area contributed by atoms with Crippen LogP contribution in [0.3, 0.4) is 0 Å². The molecule has 0 aliphatic carbocycles. The predicted molar refractivity (Wildman–Crippen MR) is 70.1 cm³/mol. The van der Waals surface area contributed by atoms with Gasteiger partial charge in [0.2, 0.25) is 5.88 Å². The van der Waals surface area contributed by atoms with Crippen molar-refractivity contribution >= 4 is 5.91 Å². The SMILES string of the molecule is CCOc1ccc(C(=O)N2CCCCC2C(F)(F)F)cn1. The zero-order valence-corrected chi connectivity index (χ0v) is 11.7. The summed E-state index contributed by atoms with van der Waals surface area (Å²) in [4.78, 5) is 17.1. The third-order valence-corrected chi connectivity index (χ3v) is 3.42. The van der Waals surface area contributed by atoms with Gasteiger partial charge in [-0.05, 0) is 32.3 Å². The van der Waals surface area contributed by atoms with Gasteiger partial charge in [-0.15, -0.1) is 0 Å². The lowest BCUT2D eigenvalue weighted by Crippen LogP contribution is -2.51. The summed E-state index contributed by atoms with van der Waals surface area (Å²) < 4.78 is 44.2. The molecule has 1 amide bonds. The number of piperidine rings is 1. The summed E-state index contributed by atoms with van der Waals surface area (Å²) in [6.07, 6.45) is -2.11. The Labute approximate surface area is 120 Å². The van der Waals surface area contributed by atoms with Crippen molar-refractivity contribution < 1.29 is 22.7 Å². The van der Waals surface area contributed by atoms with Gasteiger partial charge < -0.3 is 9.64 Å². The van der Waals surface area contributed by atoms with Crippen molar-refractivity contribution in [2.24, 2.45) is 0 Å². The number of hydrogen-bond acceptors (Lipinski definition) is 3. The van der Waals surface area contributed by atoms with E-state index in [2.05, 4.69) is 4.98 Å². The van der Waals surface area contributed by atoms with E-state index in [0.717, 1.165) is 4.90 Å². The van der Waals surface area contributed by atoms with Crippen LogP contribution in [0.4, 0.5) is 13.2 Å². The van der Waals surface area contributed by atoms with E-state index in [1.165, 1.54) is 18.3 Å². The summed E-state index contributed by atoms with van der Waals surface area (Å²) in [5.74, 6) is -0.285. The smallest absolute Gasteiger partial charge is 0.408 e. The van der Waals surface area contributed by atoms with Crippen LogP contribution >= 0.6 is 0 Å². The first-order valence-electron chi connectivity index (χ1n) is 6.90. The molecule has 1 aliphatic rings. The number of carbonyl (C=O) groups excluding carboxylic acids is 1. The molecule has 2 heterocycles. The van der Waals surface area contributed by atoms with Crippen molar-refractivity contribution in [1.82, 2.24) is 9.88 Å². The van der Waals surface area contributed by atoms with Gasteiger partial charge in [0.05, 0.1) is 12.2 Å². The first kappa shape index (κ1) is 15.6. The summed E-state index contributed by atoms with van der Waals surface area (Å²) in [7, 11) is 0. The Morgan fingerprint density at radius 2 is 2.19 bits per heavy atom. The highest BCUT2D eigenvalue weighted by atomic mass is 19.4. The van der Waals surface area contributed by atoms with Crippen LogP contribution in [-0.4, -0.2) is 41.2 Å². The van der Waals surface area contributed by atoms with Crippen LogP contribution in [0.25, 0.3) is 0 Å². The Kier molecular flexibility index (Phi) is 4.69. The number of amides is 1. The third kappa shape index (κ3) is 3.65. The molecular weight excluding hydrogens is 285 g/mol. The van der Waals surface area contributed by atoms with Crippen LogP contribution in [0.1, 0.15) is 36.5 Å². The lowest BCUT2D eigenvalue weighted by molar-refractivity contribution is -0.183. The molecule has 1 aromatic rings. The summed E-state index contributed by atoms with van der Waals surface area (Å²) in [5.41, 5.74) is 0.148. The van der Waals surface area contributed by atoms with Crippen LogP contribution < -0.4 is 4.74 Å².